The predicted molar refractivity (Wildman–Crippen MR) is 124 cm³/mol. The van der Waals surface area contributed by atoms with E-state index < -0.39 is 11.6 Å². The number of esters is 1. The Bertz CT molecular complexity index is 1090. The van der Waals surface area contributed by atoms with E-state index in [4.69, 9.17) is 18.9 Å². The lowest BCUT2D eigenvalue weighted by molar-refractivity contribution is 0.0144. The van der Waals surface area contributed by atoms with Gasteiger partial charge in [0.2, 0.25) is 0 Å². The third kappa shape index (κ3) is 4.00. The van der Waals surface area contributed by atoms with E-state index in [1.165, 1.54) is 6.07 Å². The molecule has 8 heteroatoms. The van der Waals surface area contributed by atoms with Crippen molar-refractivity contribution in [1.29, 1.82) is 0 Å². The summed E-state index contributed by atoms with van der Waals surface area (Å²) < 4.78 is 25.2. The van der Waals surface area contributed by atoms with Crippen molar-refractivity contribution < 1.29 is 23.7 Å². The monoisotopic (exact) mass is 505 g/mol. The molecule has 1 aromatic heterocycles. The van der Waals surface area contributed by atoms with Crippen molar-refractivity contribution in [3.05, 3.63) is 50.2 Å². The highest BCUT2D eigenvalue weighted by Crippen LogP contribution is 2.53. The van der Waals surface area contributed by atoms with Gasteiger partial charge in [-0.2, -0.15) is 0 Å². The summed E-state index contributed by atoms with van der Waals surface area (Å²) in [4.78, 5) is 25.2. The van der Waals surface area contributed by atoms with E-state index in [9.17, 15) is 9.59 Å². The molecule has 2 aliphatic heterocycles. The smallest absolute Gasteiger partial charge is 0.343 e. The van der Waals surface area contributed by atoms with Crippen LogP contribution in [0.25, 0.3) is 11.3 Å². The van der Waals surface area contributed by atoms with Crippen LogP contribution in [0.4, 0.5) is 0 Å². The van der Waals surface area contributed by atoms with Crippen LogP contribution >= 0.6 is 15.9 Å². The van der Waals surface area contributed by atoms with E-state index in [1.807, 2.05) is 30.5 Å². The van der Waals surface area contributed by atoms with E-state index >= 15 is 0 Å². The van der Waals surface area contributed by atoms with E-state index in [-0.39, 0.29) is 29.6 Å². The second kappa shape index (κ2) is 9.00. The van der Waals surface area contributed by atoms with Gasteiger partial charge in [0, 0.05) is 43.9 Å². The van der Waals surface area contributed by atoms with Crippen LogP contribution in [0.3, 0.4) is 0 Å². The van der Waals surface area contributed by atoms with Gasteiger partial charge in [0.05, 0.1) is 41.6 Å². The van der Waals surface area contributed by atoms with E-state index in [1.54, 1.807) is 20.2 Å². The molecule has 1 aromatic carbocycles. The molecule has 0 N–H and O–H groups in total. The second-order valence-electron chi connectivity index (χ2n) is 8.59. The van der Waals surface area contributed by atoms with Crippen LogP contribution in [0.1, 0.15) is 55.1 Å². The van der Waals surface area contributed by atoms with Crippen molar-refractivity contribution in [2.45, 2.75) is 44.8 Å². The Hall–Kier alpha value is -2.16. The minimum Gasteiger partial charge on any atom is -0.492 e. The maximum Gasteiger partial charge on any atom is 0.343 e. The molecule has 32 heavy (non-hydrogen) atoms. The first-order valence-corrected chi connectivity index (χ1v) is 11.6. The van der Waals surface area contributed by atoms with Crippen LogP contribution in [-0.4, -0.2) is 49.7 Å². The molecule has 7 nitrogen and oxygen atoms in total. The first-order chi connectivity index (χ1) is 15.3. The molecular weight excluding hydrogens is 478 g/mol. The number of pyridine rings is 1. The zero-order valence-electron chi connectivity index (χ0n) is 18.8. The number of aromatic nitrogens is 1. The summed E-state index contributed by atoms with van der Waals surface area (Å²) in [6.45, 7) is 7.72. The second-order valence-corrected chi connectivity index (χ2v) is 9.45. The number of hydrogen-bond acceptors (Lipinski definition) is 6. The van der Waals surface area contributed by atoms with Crippen molar-refractivity contribution in [2.75, 3.05) is 33.5 Å². The van der Waals surface area contributed by atoms with Crippen molar-refractivity contribution in [1.82, 2.24) is 4.57 Å². The zero-order valence-corrected chi connectivity index (χ0v) is 20.4. The normalized spacial score (nSPS) is 20.3. The molecule has 0 aliphatic carbocycles. The molecule has 1 saturated heterocycles. The number of benzene rings is 1. The van der Waals surface area contributed by atoms with Crippen LogP contribution in [0.15, 0.2) is 33.7 Å². The molecule has 172 valence electrons. The van der Waals surface area contributed by atoms with Gasteiger partial charge in [0.25, 0.3) is 0 Å². The Morgan fingerprint density at radius 1 is 1.28 bits per heavy atom. The number of nitrogens with zero attached hydrogens (tertiary/aromatic N) is 1. The largest absolute Gasteiger partial charge is 0.492 e. The van der Waals surface area contributed by atoms with Crippen molar-refractivity contribution in [3.63, 3.8) is 0 Å². The summed E-state index contributed by atoms with van der Waals surface area (Å²) >= 11 is 3.62. The lowest BCUT2D eigenvalue weighted by Gasteiger charge is -2.38. The van der Waals surface area contributed by atoms with Gasteiger partial charge in [-0.25, -0.2) is 4.79 Å². The van der Waals surface area contributed by atoms with Gasteiger partial charge in [-0.3, -0.25) is 4.79 Å². The minimum absolute atomic E-state index is 0.0395. The number of halogens is 1. The molecule has 2 unspecified atom stereocenters. The molecule has 1 fully saturated rings. The minimum atomic E-state index is -0.604. The van der Waals surface area contributed by atoms with Gasteiger partial charge in [0.15, 0.2) is 5.43 Å². The molecule has 4 rings (SSSR count). The SMILES string of the molecule is CCOC(=O)c1cn2c(cc1=O)-c1cc(Br)c(OCCCOC)cc1C1COC(C)(C)C12. The molecule has 0 radical (unpaired) electrons. The zero-order chi connectivity index (χ0) is 23.0. The van der Waals surface area contributed by atoms with Crippen LogP contribution in [0, 0.1) is 0 Å². The molecular formula is C24H28BrNO6. The lowest BCUT2D eigenvalue weighted by atomic mass is 9.79. The first-order valence-electron chi connectivity index (χ1n) is 10.8. The molecule has 2 aromatic rings. The van der Waals surface area contributed by atoms with Gasteiger partial charge in [-0.05, 0) is 54.4 Å². The average Bonchev–Trinajstić information content (AvgIpc) is 3.07. The third-order valence-electron chi connectivity index (χ3n) is 6.13. The average molecular weight is 506 g/mol. The Labute approximate surface area is 195 Å². The summed E-state index contributed by atoms with van der Waals surface area (Å²) in [6, 6.07) is 5.47. The summed E-state index contributed by atoms with van der Waals surface area (Å²) in [5.41, 5.74) is 1.96. The maximum atomic E-state index is 12.8. The number of ether oxygens (including phenoxy) is 4. The van der Waals surface area contributed by atoms with Crippen LogP contribution in [0.5, 0.6) is 5.75 Å². The topological polar surface area (TPSA) is 76.0 Å². The number of methoxy groups -OCH3 is 1. The van der Waals surface area contributed by atoms with E-state index in [2.05, 4.69) is 15.9 Å². The Balaban J connectivity index is 1.84. The number of fused-ring (bicyclic) bond motifs is 6. The third-order valence-corrected chi connectivity index (χ3v) is 6.75. The molecule has 2 atom stereocenters. The van der Waals surface area contributed by atoms with E-state index in [0.29, 0.717) is 19.8 Å². The summed E-state index contributed by atoms with van der Waals surface area (Å²) in [6.07, 6.45) is 2.42. The number of hydrogen-bond donors (Lipinski definition) is 0. The molecule has 0 bridgehead atoms. The Kier molecular flexibility index (Phi) is 6.47. The number of rotatable bonds is 7. The highest BCUT2D eigenvalue weighted by atomic mass is 79.9. The van der Waals surface area contributed by atoms with Crippen LogP contribution in [-0.2, 0) is 14.2 Å². The van der Waals surface area contributed by atoms with Crippen LogP contribution < -0.4 is 10.2 Å². The Morgan fingerprint density at radius 3 is 2.78 bits per heavy atom. The highest BCUT2D eigenvalue weighted by Gasteiger charge is 2.49. The van der Waals surface area contributed by atoms with Crippen molar-refractivity contribution in [2.24, 2.45) is 0 Å². The van der Waals surface area contributed by atoms with Gasteiger partial charge in [-0.15, -0.1) is 0 Å². The number of carbonyl (C=O) groups excluding carboxylic acids is 1. The maximum absolute atomic E-state index is 12.8. The number of carbonyl (C=O) groups is 1. The fourth-order valence-corrected chi connectivity index (χ4v) is 5.16. The summed E-state index contributed by atoms with van der Waals surface area (Å²) in [5.74, 6) is 0.203. The quantitative estimate of drug-likeness (QED) is 0.412. The molecule has 0 saturated carbocycles. The van der Waals surface area contributed by atoms with E-state index in [0.717, 1.165) is 33.5 Å². The highest BCUT2D eigenvalue weighted by molar-refractivity contribution is 9.10. The standard InChI is InChI=1S/C24H28BrNO6/c1-5-30-23(28)16-12-26-19(11-20(16)27)15-9-18(25)21(31-8-6-7-29-4)10-14(15)17-13-32-24(2,3)22(17)26/h9-12,17,22H,5-8,13H2,1-4H3. The predicted octanol–water partition coefficient (Wildman–Crippen LogP) is 4.32. The fourth-order valence-electron chi connectivity index (χ4n) is 4.71. The first kappa shape index (κ1) is 23.0. The fraction of sp³-hybridized carbons (Fsp3) is 0.500. The summed E-state index contributed by atoms with van der Waals surface area (Å²) in [7, 11) is 1.67. The molecule has 0 amide bonds. The summed E-state index contributed by atoms with van der Waals surface area (Å²) in [5, 5.41) is 0. The Morgan fingerprint density at radius 2 is 2.06 bits per heavy atom. The van der Waals surface area contributed by atoms with Crippen molar-refractivity contribution in [3.8, 4) is 17.0 Å². The lowest BCUT2D eigenvalue weighted by Crippen LogP contribution is -2.36. The van der Waals surface area contributed by atoms with Crippen LogP contribution in [0.2, 0.25) is 0 Å². The van der Waals surface area contributed by atoms with Crippen molar-refractivity contribution >= 4 is 21.9 Å². The van der Waals surface area contributed by atoms with Gasteiger partial charge >= 0.3 is 5.97 Å². The molecule has 0 spiro atoms. The van der Waals surface area contributed by atoms with Gasteiger partial charge < -0.3 is 23.5 Å². The van der Waals surface area contributed by atoms with Gasteiger partial charge in [0.1, 0.15) is 11.3 Å². The van der Waals surface area contributed by atoms with Gasteiger partial charge in [-0.1, -0.05) is 0 Å². The molecule has 2 aliphatic rings. The molecule has 3 heterocycles.